The van der Waals surface area contributed by atoms with Crippen LogP contribution in [0.3, 0.4) is 0 Å². The number of oxazole rings is 4. The Balaban J connectivity index is 0.0000000988. The van der Waals surface area contributed by atoms with E-state index in [1.165, 1.54) is 25.6 Å². The molecule has 36 heavy (non-hydrogen) atoms. The van der Waals surface area contributed by atoms with E-state index in [0.717, 1.165) is 44.4 Å². The number of rotatable bonds is 0. The predicted molar refractivity (Wildman–Crippen MR) is 136 cm³/mol. The van der Waals surface area contributed by atoms with Gasteiger partial charge in [0.1, 0.15) is 22.1 Å². The van der Waals surface area contributed by atoms with Crippen molar-refractivity contribution in [2.75, 3.05) is 0 Å². The van der Waals surface area contributed by atoms with Crippen LogP contribution in [0.4, 0.5) is 0 Å². The van der Waals surface area contributed by atoms with E-state index in [0.29, 0.717) is 0 Å². The first-order chi connectivity index (χ1) is 17.9. The lowest BCUT2D eigenvalue weighted by atomic mass is 10.3. The Bertz CT molecular complexity index is 1400. The van der Waals surface area contributed by atoms with E-state index in [1.54, 1.807) is 0 Å². The largest absolute Gasteiger partial charge is 0.443 e. The van der Waals surface area contributed by atoms with Crippen LogP contribution in [0.25, 0.3) is 44.4 Å². The average molecular weight is 476 g/mol. The molecular weight excluding hydrogens is 456 g/mol. The van der Waals surface area contributed by atoms with Crippen LogP contribution in [0.5, 0.6) is 0 Å². The molecule has 0 atom stereocenters. The van der Waals surface area contributed by atoms with Crippen LogP contribution in [0.15, 0.2) is 140 Å². The molecule has 176 valence electrons. The summed E-state index contributed by atoms with van der Waals surface area (Å²) in [4.78, 5) is 15.8. The highest BCUT2D eigenvalue weighted by atomic mass is 16.3. The van der Waals surface area contributed by atoms with E-state index in [9.17, 15) is 0 Å². The number of para-hydroxylation sites is 8. The van der Waals surface area contributed by atoms with Gasteiger partial charge in [0.2, 0.25) is 0 Å². The average Bonchev–Trinajstić information content (AvgIpc) is 3.76. The minimum absolute atomic E-state index is 0.845. The van der Waals surface area contributed by atoms with Gasteiger partial charge >= 0.3 is 0 Å². The monoisotopic (exact) mass is 476 g/mol. The van der Waals surface area contributed by atoms with Crippen molar-refractivity contribution in [1.29, 1.82) is 0 Å². The molecule has 0 amide bonds. The van der Waals surface area contributed by atoms with Crippen LogP contribution in [-0.2, 0) is 0 Å². The van der Waals surface area contributed by atoms with Gasteiger partial charge in [0.25, 0.3) is 0 Å². The molecule has 8 rings (SSSR count). The fraction of sp³-hybridized carbons (Fsp3) is 0. The zero-order valence-electron chi connectivity index (χ0n) is 19.0. The van der Waals surface area contributed by atoms with Gasteiger partial charge in [0, 0.05) is 0 Å². The Morgan fingerprint density at radius 3 is 0.750 bits per heavy atom. The zero-order valence-corrected chi connectivity index (χ0v) is 19.0. The maximum absolute atomic E-state index is 5.01. The van der Waals surface area contributed by atoms with Crippen molar-refractivity contribution in [2.24, 2.45) is 0 Å². The van der Waals surface area contributed by atoms with Crippen molar-refractivity contribution in [2.45, 2.75) is 0 Å². The highest BCUT2D eigenvalue weighted by Crippen LogP contribution is 2.11. The number of fused-ring (bicyclic) bond motifs is 4. The molecule has 0 aliphatic heterocycles. The van der Waals surface area contributed by atoms with Crippen LogP contribution in [0.2, 0.25) is 0 Å². The van der Waals surface area contributed by atoms with E-state index in [1.807, 2.05) is 97.1 Å². The van der Waals surface area contributed by atoms with Crippen molar-refractivity contribution < 1.29 is 17.7 Å². The Labute approximate surface area is 204 Å². The van der Waals surface area contributed by atoms with Gasteiger partial charge in [0.15, 0.2) is 47.9 Å². The number of nitrogens with zero attached hydrogens (tertiary/aromatic N) is 4. The summed E-state index contributed by atoms with van der Waals surface area (Å²) in [7, 11) is 0. The van der Waals surface area contributed by atoms with Gasteiger partial charge in [-0.2, -0.15) is 0 Å². The van der Waals surface area contributed by atoms with Crippen LogP contribution in [0.1, 0.15) is 0 Å². The van der Waals surface area contributed by atoms with Crippen molar-refractivity contribution in [3.05, 3.63) is 123 Å². The maximum atomic E-state index is 5.01. The molecular formula is C28H20N4O4. The number of hydrogen-bond donors (Lipinski definition) is 0. The van der Waals surface area contributed by atoms with E-state index in [2.05, 4.69) is 19.9 Å². The van der Waals surface area contributed by atoms with Gasteiger partial charge in [-0.05, 0) is 48.5 Å². The third-order valence-electron chi connectivity index (χ3n) is 4.95. The van der Waals surface area contributed by atoms with Crippen LogP contribution in [0, 0.1) is 0 Å². The van der Waals surface area contributed by atoms with Gasteiger partial charge in [-0.15, -0.1) is 0 Å². The summed E-state index contributed by atoms with van der Waals surface area (Å²) in [5.41, 5.74) is 7.04. The fourth-order valence-corrected chi connectivity index (χ4v) is 3.21. The van der Waals surface area contributed by atoms with E-state index >= 15 is 0 Å². The minimum Gasteiger partial charge on any atom is -0.443 e. The van der Waals surface area contributed by atoms with E-state index in [-0.39, 0.29) is 0 Å². The lowest BCUT2D eigenvalue weighted by Crippen LogP contribution is -1.61. The van der Waals surface area contributed by atoms with Gasteiger partial charge in [-0.3, -0.25) is 0 Å². The molecule has 4 aromatic heterocycles. The zero-order chi connectivity index (χ0) is 24.4. The summed E-state index contributed by atoms with van der Waals surface area (Å²) in [5, 5.41) is 0. The summed E-state index contributed by atoms with van der Waals surface area (Å²) in [6.45, 7) is 0. The van der Waals surface area contributed by atoms with Crippen LogP contribution >= 0.6 is 0 Å². The Hall–Kier alpha value is -5.24. The molecule has 4 heterocycles. The molecule has 4 aromatic carbocycles. The van der Waals surface area contributed by atoms with Crippen LogP contribution < -0.4 is 0 Å². The smallest absolute Gasteiger partial charge is 0.181 e. The molecule has 0 aliphatic rings. The normalized spacial score (nSPS) is 10.2. The second-order valence-electron chi connectivity index (χ2n) is 7.28. The van der Waals surface area contributed by atoms with Gasteiger partial charge in [-0.25, -0.2) is 19.9 Å². The molecule has 8 aromatic rings. The van der Waals surface area contributed by atoms with Gasteiger partial charge in [-0.1, -0.05) is 48.5 Å². The van der Waals surface area contributed by atoms with Gasteiger partial charge < -0.3 is 17.7 Å². The van der Waals surface area contributed by atoms with Crippen molar-refractivity contribution in [3.8, 4) is 0 Å². The third-order valence-corrected chi connectivity index (χ3v) is 4.95. The molecule has 0 unspecified atom stereocenters. The molecule has 0 aliphatic carbocycles. The Morgan fingerprint density at radius 1 is 0.306 bits per heavy atom. The van der Waals surface area contributed by atoms with Crippen molar-refractivity contribution in [3.63, 3.8) is 0 Å². The van der Waals surface area contributed by atoms with E-state index in [4.69, 9.17) is 17.7 Å². The molecule has 0 radical (unpaired) electrons. The van der Waals surface area contributed by atoms with E-state index < -0.39 is 0 Å². The first kappa shape index (κ1) is 22.5. The standard InChI is InChI=1S/4C7H5NO/c4*1-2-4-7-6(3-1)8-5-9-7/h4*1-5H. The highest BCUT2D eigenvalue weighted by molar-refractivity contribution is 5.73. The molecule has 0 saturated carbocycles. The first-order valence-corrected chi connectivity index (χ1v) is 11.0. The molecule has 0 saturated heterocycles. The molecule has 8 nitrogen and oxygen atoms in total. The quantitative estimate of drug-likeness (QED) is 0.224. The SMILES string of the molecule is c1ccc2ocnc2c1.c1ccc2ocnc2c1.c1ccc2ocnc2c1.c1ccc2ocnc2c1. The second kappa shape index (κ2) is 11.3. The number of benzene rings is 4. The molecule has 0 N–H and O–H groups in total. The number of hydrogen-bond acceptors (Lipinski definition) is 8. The summed E-state index contributed by atoms with van der Waals surface area (Å²) in [6, 6.07) is 30.7. The minimum atomic E-state index is 0.845. The topological polar surface area (TPSA) is 104 Å². The number of aromatic nitrogens is 4. The predicted octanol–water partition coefficient (Wildman–Crippen LogP) is 7.31. The molecule has 0 spiro atoms. The second-order valence-corrected chi connectivity index (χ2v) is 7.28. The van der Waals surface area contributed by atoms with Crippen molar-refractivity contribution >= 4 is 44.4 Å². The summed E-state index contributed by atoms with van der Waals surface area (Å²) in [5.74, 6) is 0. The summed E-state index contributed by atoms with van der Waals surface area (Å²) >= 11 is 0. The lowest BCUT2D eigenvalue weighted by Gasteiger charge is -1.79. The molecule has 0 fully saturated rings. The molecule has 0 bridgehead atoms. The fourth-order valence-electron chi connectivity index (χ4n) is 3.21. The van der Waals surface area contributed by atoms with Crippen molar-refractivity contribution in [1.82, 2.24) is 19.9 Å². The maximum Gasteiger partial charge on any atom is 0.181 e. The summed E-state index contributed by atoms with van der Waals surface area (Å²) < 4.78 is 20.0. The Kier molecular flexibility index (Phi) is 7.05. The Morgan fingerprint density at radius 2 is 0.528 bits per heavy atom. The first-order valence-electron chi connectivity index (χ1n) is 11.0. The highest BCUT2D eigenvalue weighted by Gasteiger charge is 1.93. The molecule has 8 heteroatoms. The van der Waals surface area contributed by atoms with Gasteiger partial charge in [0.05, 0.1) is 0 Å². The summed E-state index contributed by atoms with van der Waals surface area (Å²) in [6.07, 6.45) is 5.80. The third kappa shape index (κ3) is 5.63. The lowest BCUT2D eigenvalue weighted by molar-refractivity contribution is 0.602. The van der Waals surface area contributed by atoms with Crippen LogP contribution in [-0.4, -0.2) is 19.9 Å².